The second-order valence-electron chi connectivity index (χ2n) is 6.26. The van der Waals surface area contributed by atoms with Gasteiger partial charge in [-0.25, -0.2) is 0 Å². The number of rotatable bonds is 8. The minimum absolute atomic E-state index is 0.491. The van der Waals surface area contributed by atoms with Crippen LogP contribution in [-0.4, -0.2) is 31.6 Å². The van der Waals surface area contributed by atoms with Gasteiger partial charge in [-0.3, -0.25) is 0 Å². The van der Waals surface area contributed by atoms with Gasteiger partial charge in [0.15, 0.2) is 0 Å². The highest BCUT2D eigenvalue weighted by Crippen LogP contribution is 2.38. The molecule has 2 rings (SSSR count). The quantitative estimate of drug-likeness (QED) is 0.716. The fourth-order valence-electron chi connectivity index (χ4n) is 3.38. The van der Waals surface area contributed by atoms with Crippen molar-refractivity contribution >= 4 is 22.9 Å². The van der Waals surface area contributed by atoms with E-state index in [9.17, 15) is 0 Å². The number of hydrogen-bond acceptors (Lipinski definition) is 3. The molecule has 1 aromatic heterocycles. The summed E-state index contributed by atoms with van der Waals surface area (Å²) in [6.07, 6.45) is 6.76. The van der Waals surface area contributed by atoms with E-state index in [-0.39, 0.29) is 0 Å². The molecule has 1 aliphatic rings. The zero-order chi connectivity index (χ0) is 14.4. The first kappa shape index (κ1) is 16.3. The van der Waals surface area contributed by atoms with Crippen LogP contribution in [0.15, 0.2) is 12.1 Å². The van der Waals surface area contributed by atoms with Crippen molar-refractivity contribution < 1.29 is 0 Å². The Kier molecular flexibility index (Phi) is 6.34. The molecule has 0 unspecified atom stereocenters. The molecular weight excluding hydrogens is 288 g/mol. The Bertz CT molecular complexity index is 399. The van der Waals surface area contributed by atoms with E-state index in [1.54, 1.807) is 11.3 Å². The summed E-state index contributed by atoms with van der Waals surface area (Å²) in [6.45, 7) is 6.77. The predicted molar refractivity (Wildman–Crippen MR) is 89.7 cm³/mol. The van der Waals surface area contributed by atoms with Crippen LogP contribution < -0.4 is 5.32 Å². The minimum Gasteiger partial charge on any atom is -0.316 e. The minimum atomic E-state index is 0.491. The Morgan fingerprint density at radius 1 is 1.35 bits per heavy atom. The molecule has 4 heteroatoms. The maximum Gasteiger partial charge on any atom is 0.0931 e. The number of hydrogen-bond donors (Lipinski definition) is 1. The van der Waals surface area contributed by atoms with Crippen molar-refractivity contribution in [2.24, 2.45) is 5.41 Å². The highest BCUT2D eigenvalue weighted by atomic mass is 35.5. The third-order valence-corrected chi connectivity index (χ3v) is 5.47. The zero-order valence-corrected chi connectivity index (χ0v) is 14.3. The van der Waals surface area contributed by atoms with Crippen LogP contribution in [0.2, 0.25) is 4.34 Å². The molecule has 20 heavy (non-hydrogen) atoms. The first-order valence-corrected chi connectivity index (χ1v) is 8.96. The summed E-state index contributed by atoms with van der Waals surface area (Å²) in [5.41, 5.74) is 0.491. The molecule has 1 saturated carbocycles. The normalized spacial score (nSPS) is 18.0. The Hall–Kier alpha value is -0.0900. The van der Waals surface area contributed by atoms with Crippen molar-refractivity contribution in [3.05, 3.63) is 21.3 Å². The lowest BCUT2D eigenvalue weighted by molar-refractivity contribution is 0.169. The van der Waals surface area contributed by atoms with E-state index in [0.29, 0.717) is 5.41 Å². The summed E-state index contributed by atoms with van der Waals surface area (Å²) in [5, 5.41) is 3.65. The van der Waals surface area contributed by atoms with Crippen molar-refractivity contribution in [1.82, 2.24) is 10.2 Å². The standard InChI is InChI=1S/C16H27ClN2S/c1-3-10-18-12-16(8-4-5-9-16)13-19(2)11-14-6-7-15(17)20-14/h6-7,18H,3-5,8-13H2,1-2H3. The Morgan fingerprint density at radius 3 is 2.70 bits per heavy atom. The number of halogens is 1. The molecule has 0 radical (unpaired) electrons. The summed E-state index contributed by atoms with van der Waals surface area (Å²) >= 11 is 7.72. The summed E-state index contributed by atoms with van der Waals surface area (Å²) in [7, 11) is 2.24. The summed E-state index contributed by atoms with van der Waals surface area (Å²) in [5.74, 6) is 0. The molecular formula is C16H27ClN2S. The van der Waals surface area contributed by atoms with E-state index in [0.717, 1.165) is 17.4 Å². The Balaban J connectivity index is 1.86. The van der Waals surface area contributed by atoms with Crippen LogP contribution >= 0.6 is 22.9 Å². The van der Waals surface area contributed by atoms with Crippen molar-refractivity contribution in [3.8, 4) is 0 Å². The lowest BCUT2D eigenvalue weighted by atomic mass is 9.85. The Morgan fingerprint density at radius 2 is 2.10 bits per heavy atom. The first-order valence-electron chi connectivity index (χ1n) is 7.77. The summed E-state index contributed by atoms with van der Waals surface area (Å²) in [4.78, 5) is 3.84. The van der Waals surface area contributed by atoms with Gasteiger partial charge < -0.3 is 10.2 Å². The van der Waals surface area contributed by atoms with Crippen molar-refractivity contribution in [2.75, 3.05) is 26.7 Å². The van der Waals surface area contributed by atoms with Crippen LogP contribution in [0.4, 0.5) is 0 Å². The van der Waals surface area contributed by atoms with Gasteiger partial charge in [-0.15, -0.1) is 11.3 Å². The van der Waals surface area contributed by atoms with Gasteiger partial charge in [0, 0.05) is 24.5 Å². The highest BCUT2D eigenvalue weighted by molar-refractivity contribution is 7.16. The van der Waals surface area contributed by atoms with E-state index in [2.05, 4.69) is 30.3 Å². The average molecular weight is 315 g/mol. The van der Waals surface area contributed by atoms with Gasteiger partial charge in [-0.05, 0) is 50.4 Å². The number of nitrogens with zero attached hydrogens (tertiary/aromatic N) is 1. The van der Waals surface area contributed by atoms with Crippen molar-refractivity contribution in [3.63, 3.8) is 0 Å². The molecule has 2 nitrogen and oxygen atoms in total. The molecule has 0 atom stereocenters. The maximum absolute atomic E-state index is 6.02. The summed E-state index contributed by atoms with van der Waals surface area (Å²) in [6, 6.07) is 4.16. The molecule has 0 aromatic carbocycles. The van der Waals surface area contributed by atoms with Crippen LogP contribution in [0.25, 0.3) is 0 Å². The predicted octanol–water partition coefficient (Wildman–Crippen LogP) is 4.39. The van der Waals surface area contributed by atoms with E-state index in [4.69, 9.17) is 11.6 Å². The van der Waals surface area contributed by atoms with Crippen molar-refractivity contribution in [1.29, 1.82) is 0 Å². The smallest absolute Gasteiger partial charge is 0.0931 e. The molecule has 0 spiro atoms. The molecule has 1 heterocycles. The van der Waals surface area contributed by atoms with Gasteiger partial charge in [-0.1, -0.05) is 31.4 Å². The maximum atomic E-state index is 6.02. The molecule has 1 aromatic rings. The molecule has 0 saturated heterocycles. The fraction of sp³-hybridized carbons (Fsp3) is 0.750. The van der Waals surface area contributed by atoms with E-state index in [1.165, 1.54) is 50.1 Å². The zero-order valence-electron chi connectivity index (χ0n) is 12.8. The van der Waals surface area contributed by atoms with Gasteiger partial charge in [-0.2, -0.15) is 0 Å². The van der Waals surface area contributed by atoms with Crippen LogP contribution in [0.5, 0.6) is 0 Å². The molecule has 114 valence electrons. The van der Waals surface area contributed by atoms with Gasteiger partial charge in [0.25, 0.3) is 0 Å². The molecule has 0 amide bonds. The first-order chi connectivity index (χ1) is 9.63. The van der Waals surface area contributed by atoms with Gasteiger partial charge in [0.2, 0.25) is 0 Å². The largest absolute Gasteiger partial charge is 0.316 e. The lowest BCUT2D eigenvalue weighted by Gasteiger charge is -2.34. The topological polar surface area (TPSA) is 15.3 Å². The monoisotopic (exact) mass is 314 g/mol. The average Bonchev–Trinajstić information content (AvgIpc) is 3.00. The van der Waals surface area contributed by atoms with Crippen molar-refractivity contribution in [2.45, 2.75) is 45.6 Å². The highest BCUT2D eigenvalue weighted by Gasteiger charge is 2.34. The van der Waals surface area contributed by atoms with Crippen LogP contribution in [0, 0.1) is 5.41 Å². The van der Waals surface area contributed by atoms with Crippen LogP contribution in [0.3, 0.4) is 0 Å². The van der Waals surface area contributed by atoms with Gasteiger partial charge in [0.05, 0.1) is 4.34 Å². The molecule has 0 aliphatic heterocycles. The van der Waals surface area contributed by atoms with E-state index in [1.807, 2.05) is 6.07 Å². The molecule has 1 aliphatic carbocycles. The second kappa shape index (κ2) is 7.79. The van der Waals surface area contributed by atoms with Crippen LogP contribution in [-0.2, 0) is 6.54 Å². The fourth-order valence-corrected chi connectivity index (χ4v) is 4.55. The third kappa shape index (κ3) is 4.73. The third-order valence-electron chi connectivity index (χ3n) is 4.25. The van der Waals surface area contributed by atoms with Gasteiger partial charge in [0.1, 0.15) is 0 Å². The number of nitrogens with one attached hydrogen (secondary N) is 1. The SMILES string of the molecule is CCCNCC1(CN(C)Cc2ccc(Cl)s2)CCCC1. The second-order valence-corrected chi connectivity index (χ2v) is 8.06. The summed E-state index contributed by atoms with van der Waals surface area (Å²) < 4.78 is 0.897. The lowest BCUT2D eigenvalue weighted by Crippen LogP contribution is -2.41. The van der Waals surface area contributed by atoms with Crippen LogP contribution in [0.1, 0.15) is 43.9 Å². The molecule has 1 fully saturated rings. The van der Waals surface area contributed by atoms with E-state index >= 15 is 0 Å². The molecule has 1 N–H and O–H groups in total. The Labute approximate surface area is 132 Å². The van der Waals surface area contributed by atoms with Gasteiger partial charge >= 0.3 is 0 Å². The molecule has 0 bridgehead atoms. The number of thiophene rings is 1. The van der Waals surface area contributed by atoms with E-state index < -0.39 is 0 Å².